The van der Waals surface area contributed by atoms with Gasteiger partial charge in [-0.25, -0.2) is 0 Å². The van der Waals surface area contributed by atoms with Crippen LogP contribution in [0.1, 0.15) is 18.6 Å². The van der Waals surface area contributed by atoms with E-state index in [4.69, 9.17) is 4.42 Å². The first kappa shape index (κ1) is 17.8. The molecule has 3 heterocycles. The molecule has 0 radical (unpaired) electrons. The van der Waals surface area contributed by atoms with Gasteiger partial charge in [0.2, 0.25) is 5.91 Å². The molecule has 0 atom stereocenters. The van der Waals surface area contributed by atoms with Crippen molar-refractivity contribution in [1.82, 2.24) is 20.0 Å². The van der Waals surface area contributed by atoms with Crippen molar-refractivity contribution >= 4 is 11.9 Å². The van der Waals surface area contributed by atoms with Crippen LogP contribution in [0.15, 0.2) is 27.8 Å². The second-order valence-electron chi connectivity index (χ2n) is 6.65. The Bertz CT molecular complexity index is 558. The highest BCUT2D eigenvalue weighted by molar-refractivity contribution is 5.80. The second-order valence-corrected chi connectivity index (χ2v) is 6.65. The Morgan fingerprint density at radius 3 is 2.56 bits per heavy atom. The van der Waals surface area contributed by atoms with Crippen LogP contribution in [0.3, 0.4) is 0 Å². The molecule has 0 aliphatic carbocycles. The summed E-state index contributed by atoms with van der Waals surface area (Å²) < 4.78 is 5.35. The van der Waals surface area contributed by atoms with Gasteiger partial charge < -0.3 is 19.5 Å². The van der Waals surface area contributed by atoms with Crippen LogP contribution in [0.2, 0.25) is 0 Å². The van der Waals surface area contributed by atoms with Gasteiger partial charge in [-0.1, -0.05) is 0 Å². The van der Waals surface area contributed by atoms with Crippen molar-refractivity contribution in [2.45, 2.75) is 19.3 Å². The van der Waals surface area contributed by atoms with E-state index >= 15 is 0 Å². The van der Waals surface area contributed by atoms with Crippen LogP contribution >= 0.6 is 0 Å². The minimum absolute atomic E-state index is 0.284. The van der Waals surface area contributed by atoms with Gasteiger partial charge >= 0.3 is 0 Å². The maximum atomic E-state index is 12.3. The van der Waals surface area contributed by atoms with E-state index in [2.05, 4.69) is 20.1 Å². The first-order valence-electron chi connectivity index (χ1n) is 9.24. The highest BCUT2D eigenvalue weighted by Crippen LogP contribution is 2.09. The molecule has 138 valence electrons. The summed E-state index contributed by atoms with van der Waals surface area (Å²) in [6.45, 7) is 6.82. The molecule has 2 saturated heterocycles. The van der Waals surface area contributed by atoms with E-state index in [1.165, 1.54) is 0 Å². The third-order valence-corrected chi connectivity index (χ3v) is 4.94. The Morgan fingerprint density at radius 1 is 1.16 bits per heavy atom. The lowest BCUT2D eigenvalue weighted by Crippen LogP contribution is -2.54. The van der Waals surface area contributed by atoms with Crippen molar-refractivity contribution in [2.75, 3.05) is 59.4 Å². The molecule has 2 aliphatic heterocycles. The summed E-state index contributed by atoms with van der Waals surface area (Å²) in [4.78, 5) is 23.2. The number of likely N-dealkylation sites (tertiary alicyclic amines) is 1. The van der Waals surface area contributed by atoms with Crippen LogP contribution in [0.25, 0.3) is 0 Å². The van der Waals surface area contributed by atoms with Crippen LogP contribution in [0.4, 0.5) is 0 Å². The van der Waals surface area contributed by atoms with Crippen molar-refractivity contribution in [3.05, 3.63) is 24.2 Å². The number of carbonyl (C=O) groups is 1. The zero-order valence-electron chi connectivity index (χ0n) is 15.1. The van der Waals surface area contributed by atoms with Gasteiger partial charge in [-0.3, -0.25) is 14.7 Å². The molecule has 2 fully saturated rings. The van der Waals surface area contributed by atoms with Gasteiger partial charge in [0.25, 0.3) is 0 Å². The number of nitrogens with one attached hydrogen (secondary N) is 1. The van der Waals surface area contributed by atoms with E-state index in [-0.39, 0.29) is 5.91 Å². The average Bonchev–Trinajstić information content (AvgIpc) is 3.33. The molecule has 2 aliphatic rings. The number of amides is 1. The third-order valence-electron chi connectivity index (χ3n) is 4.94. The van der Waals surface area contributed by atoms with Gasteiger partial charge in [0.05, 0.1) is 12.8 Å². The third kappa shape index (κ3) is 4.98. The normalized spacial score (nSPS) is 19.5. The molecule has 25 heavy (non-hydrogen) atoms. The van der Waals surface area contributed by atoms with Crippen LogP contribution < -0.4 is 5.32 Å². The molecule has 1 aromatic rings. The Balaban J connectivity index is 1.38. The van der Waals surface area contributed by atoms with Gasteiger partial charge in [-0.2, -0.15) is 0 Å². The van der Waals surface area contributed by atoms with Gasteiger partial charge in [-0.05, 0) is 25.0 Å². The summed E-state index contributed by atoms with van der Waals surface area (Å²) in [7, 11) is 1.82. The number of nitrogens with zero attached hydrogens (tertiary/aromatic N) is 4. The van der Waals surface area contributed by atoms with Gasteiger partial charge in [-0.15, -0.1) is 0 Å². The Kier molecular flexibility index (Phi) is 6.33. The Labute approximate surface area is 149 Å². The number of furan rings is 1. The first-order chi connectivity index (χ1) is 12.3. The van der Waals surface area contributed by atoms with Crippen LogP contribution in [0.5, 0.6) is 0 Å². The smallest absolute Gasteiger partial charge is 0.236 e. The van der Waals surface area contributed by atoms with Crippen molar-refractivity contribution in [3.8, 4) is 0 Å². The molecule has 7 heteroatoms. The summed E-state index contributed by atoms with van der Waals surface area (Å²) in [6, 6.07) is 3.90. The van der Waals surface area contributed by atoms with E-state index < -0.39 is 0 Å². The summed E-state index contributed by atoms with van der Waals surface area (Å²) >= 11 is 0. The molecule has 1 amide bonds. The molecule has 0 spiro atoms. The van der Waals surface area contributed by atoms with E-state index in [9.17, 15) is 4.79 Å². The summed E-state index contributed by atoms with van der Waals surface area (Å²) in [5, 5.41) is 3.40. The topological polar surface area (TPSA) is 64.3 Å². The molecular weight excluding hydrogens is 318 g/mol. The number of rotatable bonds is 5. The van der Waals surface area contributed by atoms with Gasteiger partial charge in [0.1, 0.15) is 5.76 Å². The van der Waals surface area contributed by atoms with Crippen molar-refractivity contribution in [1.29, 1.82) is 0 Å². The predicted molar refractivity (Wildman–Crippen MR) is 97.6 cm³/mol. The lowest BCUT2D eigenvalue weighted by molar-refractivity contribution is -0.131. The predicted octanol–water partition coefficient (Wildman–Crippen LogP) is 0.638. The monoisotopic (exact) mass is 347 g/mol. The fourth-order valence-electron chi connectivity index (χ4n) is 3.46. The summed E-state index contributed by atoms with van der Waals surface area (Å²) in [5.74, 6) is 2.19. The van der Waals surface area contributed by atoms with E-state index in [1.54, 1.807) is 6.26 Å². The maximum Gasteiger partial charge on any atom is 0.236 e. The van der Waals surface area contributed by atoms with Gasteiger partial charge in [0.15, 0.2) is 5.96 Å². The highest BCUT2D eigenvalue weighted by atomic mass is 16.3. The highest BCUT2D eigenvalue weighted by Gasteiger charge is 2.24. The lowest BCUT2D eigenvalue weighted by Gasteiger charge is -2.36. The molecule has 1 N–H and O–H groups in total. The van der Waals surface area contributed by atoms with Crippen molar-refractivity contribution in [2.24, 2.45) is 4.99 Å². The maximum absolute atomic E-state index is 12.3. The van der Waals surface area contributed by atoms with E-state index in [0.717, 1.165) is 76.8 Å². The van der Waals surface area contributed by atoms with E-state index in [0.29, 0.717) is 6.54 Å². The van der Waals surface area contributed by atoms with E-state index in [1.807, 2.05) is 24.1 Å². The molecule has 0 unspecified atom stereocenters. The zero-order chi connectivity index (χ0) is 17.5. The Morgan fingerprint density at radius 2 is 1.92 bits per heavy atom. The fourth-order valence-corrected chi connectivity index (χ4v) is 3.46. The molecule has 0 bridgehead atoms. The number of hydrogen-bond donors (Lipinski definition) is 1. The molecule has 7 nitrogen and oxygen atoms in total. The molecule has 1 aromatic heterocycles. The van der Waals surface area contributed by atoms with Crippen LogP contribution in [-0.2, 0) is 11.2 Å². The number of carbonyl (C=O) groups excluding carboxylic acids is 1. The Hall–Kier alpha value is -2.02. The quantitative estimate of drug-likeness (QED) is 0.625. The van der Waals surface area contributed by atoms with Crippen molar-refractivity contribution < 1.29 is 9.21 Å². The molecule has 3 rings (SSSR count). The molecular formula is C18H29N5O2. The number of guanidine groups is 1. The van der Waals surface area contributed by atoms with Crippen molar-refractivity contribution in [3.63, 3.8) is 0 Å². The lowest BCUT2D eigenvalue weighted by atomic mass is 10.3. The number of aliphatic imine (C=N–C) groups is 1. The minimum Gasteiger partial charge on any atom is -0.469 e. The minimum atomic E-state index is 0.284. The fraction of sp³-hybridized carbons (Fsp3) is 0.667. The van der Waals surface area contributed by atoms with Gasteiger partial charge in [0, 0.05) is 59.3 Å². The average molecular weight is 347 g/mol. The first-order valence-corrected chi connectivity index (χ1v) is 9.24. The molecule has 0 aromatic carbocycles. The van der Waals surface area contributed by atoms with Crippen LogP contribution in [-0.4, -0.2) is 86.0 Å². The summed E-state index contributed by atoms with van der Waals surface area (Å²) in [5.41, 5.74) is 0. The van der Waals surface area contributed by atoms with Crippen LogP contribution in [0, 0.1) is 0 Å². The number of piperazine rings is 1. The summed E-state index contributed by atoms with van der Waals surface area (Å²) in [6.07, 6.45) is 4.85. The standard InChI is InChI=1S/C18H29N5O2/c1-19-18(20-7-6-16-5-4-14-25-16)23-12-10-21(11-13-23)15-17(24)22-8-2-3-9-22/h4-5,14H,2-3,6-13,15H2,1H3,(H,19,20). The molecule has 0 saturated carbocycles. The second kappa shape index (κ2) is 8.89. The largest absolute Gasteiger partial charge is 0.469 e. The SMILES string of the molecule is CN=C(NCCc1ccco1)N1CCN(CC(=O)N2CCCC2)CC1. The number of hydrogen-bond acceptors (Lipinski definition) is 4. The zero-order valence-corrected chi connectivity index (χ0v) is 15.1.